The van der Waals surface area contributed by atoms with Gasteiger partial charge in [-0.3, -0.25) is 4.90 Å². The highest BCUT2D eigenvalue weighted by molar-refractivity contribution is 5.03. The van der Waals surface area contributed by atoms with Crippen LogP contribution in [-0.2, 0) is 7.05 Å². The van der Waals surface area contributed by atoms with Gasteiger partial charge in [0.2, 0.25) is 0 Å². The molecule has 1 N–H and O–H groups in total. The van der Waals surface area contributed by atoms with Crippen LogP contribution in [0.3, 0.4) is 0 Å². The third-order valence-corrected chi connectivity index (χ3v) is 5.86. The van der Waals surface area contributed by atoms with Crippen LogP contribution >= 0.6 is 0 Å². The standard InChI is InChI=1S/C16H26N4/c1-19-6-5-18-16(19)15-10-17-4-7-20(15)11-14-9-12-2-3-13(14)8-12/h5-6,12-15,17H,2-4,7-11H2,1H3. The molecular formula is C16H26N4. The van der Waals surface area contributed by atoms with Crippen molar-refractivity contribution in [2.24, 2.45) is 24.8 Å². The number of imidazole rings is 1. The molecule has 1 aromatic rings. The normalized spacial score (nSPS) is 37.6. The minimum Gasteiger partial charge on any atom is -0.337 e. The van der Waals surface area contributed by atoms with Gasteiger partial charge in [-0.05, 0) is 37.0 Å². The summed E-state index contributed by atoms with van der Waals surface area (Å²) in [6.45, 7) is 4.64. The summed E-state index contributed by atoms with van der Waals surface area (Å²) in [5, 5.41) is 3.54. The van der Waals surface area contributed by atoms with Gasteiger partial charge in [-0.1, -0.05) is 6.42 Å². The smallest absolute Gasteiger partial charge is 0.127 e. The predicted molar refractivity (Wildman–Crippen MR) is 79.3 cm³/mol. The average Bonchev–Trinajstić information content (AvgIpc) is 3.16. The second-order valence-corrected chi connectivity index (χ2v) is 7.05. The van der Waals surface area contributed by atoms with Gasteiger partial charge < -0.3 is 9.88 Å². The van der Waals surface area contributed by atoms with Crippen molar-refractivity contribution in [2.75, 3.05) is 26.2 Å². The third kappa shape index (κ3) is 2.19. The van der Waals surface area contributed by atoms with E-state index in [1.165, 1.54) is 44.6 Å². The zero-order chi connectivity index (χ0) is 13.5. The number of rotatable bonds is 3. The Kier molecular flexibility index (Phi) is 3.31. The van der Waals surface area contributed by atoms with Crippen LogP contribution in [0, 0.1) is 17.8 Å². The van der Waals surface area contributed by atoms with Crippen LogP contribution in [-0.4, -0.2) is 40.6 Å². The highest BCUT2D eigenvalue weighted by atomic mass is 15.3. The Balaban J connectivity index is 1.49. The quantitative estimate of drug-likeness (QED) is 0.912. The van der Waals surface area contributed by atoms with Crippen LogP contribution in [0.1, 0.15) is 37.5 Å². The maximum Gasteiger partial charge on any atom is 0.127 e. The van der Waals surface area contributed by atoms with E-state index in [0.717, 1.165) is 30.8 Å². The van der Waals surface area contributed by atoms with Crippen molar-refractivity contribution in [2.45, 2.75) is 31.7 Å². The van der Waals surface area contributed by atoms with Crippen molar-refractivity contribution in [1.29, 1.82) is 0 Å². The van der Waals surface area contributed by atoms with Crippen molar-refractivity contribution < 1.29 is 0 Å². The first-order chi connectivity index (χ1) is 9.81. The molecular weight excluding hydrogens is 248 g/mol. The van der Waals surface area contributed by atoms with Crippen LogP contribution in [0.15, 0.2) is 12.4 Å². The van der Waals surface area contributed by atoms with E-state index < -0.39 is 0 Å². The molecule has 3 fully saturated rings. The molecule has 1 aromatic heterocycles. The number of fused-ring (bicyclic) bond motifs is 2. The molecule has 0 spiro atoms. The molecule has 2 heterocycles. The summed E-state index contributed by atoms with van der Waals surface area (Å²) >= 11 is 0. The first kappa shape index (κ1) is 12.8. The lowest BCUT2D eigenvalue weighted by molar-refractivity contribution is 0.111. The molecule has 2 saturated carbocycles. The molecule has 1 saturated heterocycles. The van der Waals surface area contributed by atoms with E-state index in [-0.39, 0.29) is 0 Å². The van der Waals surface area contributed by atoms with Gasteiger partial charge in [0.25, 0.3) is 0 Å². The molecule has 4 atom stereocenters. The molecule has 1 aliphatic heterocycles. The molecule has 3 aliphatic rings. The number of piperazine rings is 1. The van der Waals surface area contributed by atoms with E-state index in [2.05, 4.69) is 33.0 Å². The van der Waals surface area contributed by atoms with Gasteiger partial charge in [0.15, 0.2) is 0 Å². The van der Waals surface area contributed by atoms with Crippen LogP contribution in [0.5, 0.6) is 0 Å². The van der Waals surface area contributed by atoms with Crippen LogP contribution < -0.4 is 5.32 Å². The second-order valence-electron chi connectivity index (χ2n) is 7.05. The zero-order valence-corrected chi connectivity index (χ0v) is 12.5. The summed E-state index contributed by atoms with van der Waals surface area (Å²) in [5.74, 6) is 4.26. The Morgan fingerprint density at radius 1 is 1.35 bits per heavy atom. The van der Waals surface area contributed by atoms with E-state index in [1.54, 1.807) is 0 Å². The van der Waals surface area contributed by atoms with Crippen molar-refractivity contribution in [1.82, 2.24) is 19.8 Å². The van der Waals surface area contributed by atoms with E-state index in [9.17, 15) is 0 Å². The lowest BCUT2D eigenvalue weighted by Crippen LogP contribution is -2.48. The maximum absolute atomic E-state index is 4.59. The van der Waals surface area contributed by atoms with Gasteiger partial charge in [-0.2, -0.15) is 0 Å². The highest BCUT2D eigenvalue weighted by Crippen LogP contribution is 2.48. The largest absolute Gasteiger partial charge is 0.337 e. The number of hydrogen-bond donors (Lipinski definition) is 1. The summed E-state index contributed by atoms with van der Waals surface area (Å²) in [5.41, 5.74) is 0. The van der Waals surface area contributed by atoms with Gasteiger partial charge in [-0.25, -0.2) is 4.98 Å². The van der Waals surface area contributed by atoms with Crippen LogP contribution in [0.2, 0.25) is 0 Å². The first-order valence-electron chi connectivity index (χ1n) is 8.23. The van der Waals surface area contributed by atoms with Gasteiger partial charge in [0.1, 0.15) is 5.82 Å². The molecule has 4 nitrogen and oxygen atoms in total. The van der Waals surface area contributed by atoms with E-state index in [1.807, 2.05) is 6.20 Å². The Labute approximate surface area is 121 Å². The molecule has 0 amide bonds. The number of aryl methyl sites for hydroxylation is 1. The molecule has 2 aliphatic carbocycles. The highest BCUT2D eigenvalue weighted by Gasteiger charge is 2.41. The molecule has 20 heavy (non-hydrogen) atoms. The number of hydrogen-bond acceptors (Lipinski definition) is 3. The summed E-state index contributed by atoms with van der Waals surface area (Å²) in [7, 11) is 2.12. The van der Waals surface area contributed by atoms with Crippen LogP contribution in [0.25, 0.3) is 0 Å². The molecule has 2 bridgehead atoms. The monoisotopic (exact) mass is 274 g/mol. The van der Waals surface area contributed by atoms with Crippen molar-refractivity contribution in [3.63, 3.8) is 0 Å². The zero-order valence-electron chi connectivity index (χ0n) is 12.5. The molecule has 4 rings (SSSR count). The summed E-state index contributed by atoms with van der Waals surface area (Å²) in [6.07, 6.45) is 10.0. The first-order valence-corrected chi connectivity index (χ1v) is 8.23. The molecule has 4 heteroatoms. The van der Waals surface area contributed by atoms with Crippen molar-refractivity contribution in [3.05, 3.63) is 18.2 Å². The van der Waals surface area contributed by atoms with Gasteiger partial charge in [0.05, 0.1) is 6.04 Å². The molecule has 110 valence electrons. The Bertz CT molecular complexity index is 469. The lowest BCUT2D eigenvalue weighted by Gasteiger charge is -2.38. The van der Waals surface area contributed by atoms with Gasteiger partial charge in [-0.15, -0.1) is 0 Å². The summed E-state index contributed by atoms with van der Waals surface area (Å²) < 4.78 is 2.19. The SMILES string of the molecule is Cn1ccnc1C1CNCCN1CC1CC2CCC1C2. The maximum atomic E-state index is 4.59. The fourth-order valence-electron chi connectivity index (χ4n) is 4.82. The minimum absolute atomic E-state index is 0.461. The second kappa shape index (κ2) is 5.15. The predicted octanol–water partition coefficient (Wildman–Crippen LogP) is 1.80. The van der Waals surface area contributed by atoms with Crippen molar-refractivity contribution >= 4 is 0 Å². The summed E-state index contributed by atoms with van der Waals surface area (Å²) in [4.78, 5) is 7.29. The lowest BCUT2D eigenvalue weighted by atomic mass is 9.88. The Morgan fingerprint density at radius 3 is 3.00 bits per heavy atom. The molecule has 4 unspecified atom stereocenters. The minimum atomic E-state index is 0.461. The number of nitrogens with zero attached hydrogens (tertiary/aromatic N) is 3. The van der Waals surface area contributed by atoms with Gasteiger partial charge >= 0.3 is 0 Å². The van der Waals surface area contributed by atoms with Crippen molar-refractivity contribution in [3.8, 4) is 0 Å². The fourth-order valence-corrected chi connectivity index (χ4v) is 4.82. The Hall–Kier alpha value is -0.870. The number of nitrogens with one attached hydrogen (secondary N) is 1. The van der Waals surface area contributed by atoms with E-state index in [0.29, 0.717) is 6.04 Å². The Morgan fingerprint density at radius 2 is 2.30 bits per heavy atom. The molecule has 0 aromatic carbocycles. The van der Waals surface area contributed by atoms with E-state index in [4.69, 9.17) is 0 Å². The molecule has 0 radical (unpaired) electrons. The number of aromatic nitrogens is 2. The third-order valence-electron chi connectivity index (χ3n) is 5.86. The average molecular weight is 274 g/mol. The van der Waals surface area contributed by atoms with Crippen LogP contribution in [0.4, 0.5) is 0 Å². The van der Waals surface area contributed by atoms with E-state index >= 15 is 0 Å². The topological polar surface area (TPSA) is 33.1 Å². The fraction of sp³-hybridized carbons (Fsp3) is 0.812. The summed E-state index contributed by atoms with van der Waals surface area (Å²) in [6, 6.07) is 0.461. The van der Waals surface area contributed by atoms with Gasteiger partial charge in [0, 0.05) is 45.6 Å².